The Morgan fingerprint density at radius 3 is 2.29 bits per heavy atom. The number of carboxylic acid groups (broad SMARTS) is 1. The van der Waals surface area contributed by atoms with E-state index in [1.807, 2.05) is 19.1 Å². The summed E-state index contributed by atoms with van der Waals surface area (Å²) in [5, 5.41) is 9.00. The molecule has 0 aliphatic carbocycles. The van der Waals surface area contributed by atoms with Crippen molar-refractivity contribution in [3.05, 3.63) is 59.7 Å². The first-order valence-corrected chi connectivity index (χ1v) is 6.29. The van der Waals surface area contributed by atoms with Crippen LogP contribution in [0, 0.1) is 6.92 Å². The van der Waals surface area contributed by atoms with Crippen LogP contribution in [0.3, 0.4) is 0 Å². The molecule has 0 heterocycles. The molecule has 0 atom stereocenters. The minimum atomic E-state index is -1.15. The van der Waals surface area contributed by atoms with E-state index in [4.69, 9.17) is 14.6 Å². The van der Waals surface area contributed by atoms with Crippen LogP contribution in [0.2, 0.25) is 0 Å². The lowest BCUT2D eigenvalue weighted by molar-refractivity contribution is -0.136. The van der Waals surface area contributed by atoms with Crippen molar-refractivity contribution in [2.24, 2.45) is 0 Å². The van der Waals surface area contributed by atoms with Gasteiger partial charge >= 0.3 is 11.9 Å². The van der Waals surface area contributed by atoms with Crippen molar-refractivity contribution < 1.29 is 24.2 Å². The Kier molecular flexibility index (Phi) is 4.56. The predicted octanol–water partition coefficient (Wildman–Crippen LogP) is 2.68. The summed E-state index contributed by atoms with van der Waals surface area (Å²) in [6, 6.07) is 13.2. The molecule has 0 saturated heterocycles. The number of rotatable bonds is 5. The maximum absolute atomic E-state index is 11.7. The highest BCUT2D eigenvalue weighted by molar-refractivity contribution is 5.92. The Labute approximate surface area is 121 Å². The van der Waals surface area contributed by atoms with Crippen LogP contribution in [0.5, 0.6) is 11.5 Å². The van der Waals surface area contributed by atoms with E-state index in [9.17, 15) is 9.59 Å². The van der Waals surface area contributed by atoms with Crippen molar-refractivity contribution in [1.29, 1.82) is 0 Å². The van der Waals surface area contributed by atoms with Crippen molar-refractivity contribution in [2.45, 2.75) is 6.92 Å². The van der Waals surface area contributed by atoms with Gasteiger partial charge in [-0.3, -0.25) is 0 Å². The number of carbonyl (C=O) groups excluding carboxylic acids is 1. The minimum Gasteiger partial charge on any atom is -0.482 e. The fourth-order valence-electron chi connectivity index (χ4n) is 1.74. The molecule has 0 radical (unpaired) electrons. The molecule has 0 aromatic heterocycles. The van der Waals surface area contributed by atoms with E-state index >= 15 is 0 Å². The van der Waals surface area contributed by atoms with Crippen molar-refractivity contribution in [3.63, 3.8) is 0 Å². The summed E-state index contributed by atoms with van der Waals surface area (Å²) in [7, 11) is 0. The first-order valence-electron chi connectivity index (χ1n) is 6.29. The van der Waals surface area contributed by atoms with Gasteiger partial charge in [-0.15, -0.1) is 0 Å². The first-order chi connectivity index (χ1) is 10.1. The lowest BCUT2D eigenvalue weighted by atomic mass is 10.2. The number of hydrogen-bond acceptors (Lipinski definition) is 4. The maximum atomic E-state index is 11.7. The lowest BCUT2D eigenvalue weighted by Gasteiger charge is -2.09. The SMILES string of the molecule is Cc1ccccc1OCC(=O)Oc1ccccc1C(=O)O. The van der Waals surface area contributed by atoms with E-state index < -0.39 is 11.9 Å². The average Bonchev–Trinajstić information content (AvgIpc) is 2.47. The van der Waals surface area contributed by atoms with Gasteiger partial charge in [0.15, 0.2) is 6.61 Å². The van der Waals surface area contributed by atoms with Crippen LogP contribution >= 0.6 is 0 Å². The van der Waals surface area contributed by atoms with Crippen LogP contribution in [-0.4, -0.2) is 23.7 Å². The molecule has 2 aromatic rings. The molecular weight excluding hydrogens is 272 g/mol. The first kappa shape index (κ1) is 14.6. The fraction of sp³-hybridized carbons (Fsp3) is 0.125. The van der Waals surface area contributed by atoms with E-state index in [0.29, 0.717) is 5.75 Å². The van der Waals surface area contributed by atoms with E-state index in [2.05, 4.69) is 0 Å². The van der Waals surface area contributed by atoms with Gasteiger partial charge in [-0.05, 0) is 30.7 Å². The van der Waals surface area contributed by atoms with E-state index in [-0.39, 0.29) is 17.9 Å². The molecule has 0 aliphatic heterocycles. The second-order valence-electron chi connectivity index (χ2n) is 4.33. The van der Waals surface area contributed by atoms with E-state index in [0.717, 1.165) is 5.56 Å². The smallest absolute Gasteiger partial charge is 0.349 e. The highest BCUT2D eigenvalue weighted by Crippen LogP contribution is 2.19. The van der Waals surface area contributed by atoms with E-state index in [1.54, 1.807) is 24.3 Å². The molecule has 0 amide bonds. The van der Waals surface area contributed by atoms with Crippen LogP contribution < -0.4 is 9.47 Å². The minimum absolute atomic E-state index is 0.00313. The van der Waals surface area contributed by atoms with Gasteiger partial charge in [-0.25, -0.2) is 9.59 Å². The molecule has 21 heavy (non-hydrogen) atoms. The number of ether oxygens (including phenoxy) is 2. The summed E-state index contributed by atoms with van der Waals surface area (Å²) in [6.45, 7) is 1.57. The number of carboxylic acids is 1. The fourth-order valence-corrected chi connectivity index (χ4v) is 1.74. The number of aryl methyl sites for hydroxylation is 1. The number of benzene rings is 2. The molecular formula is C16H14O5. The van der Waals surface area contributed by atoms with Crippen LogP contribution in [0.4, 0.5) is 0 Å². The second-order valence-corrected chi connectivity index (χ2v) is 4.33. The Balaban J connectivity index is 2.00. The second kappa shape index (κ2) is 6.56. The molecule has 5 nitrogen and oxygen atoms in total. The molecule has 0 fully saturated rings. The number of para-hydroxylation sites is 2. The quantitative estimate of drug-likeness (QED) is 0.675. The standard InChI is InChI=1S/C16H14O5/c1-11-6-2-4-8-13(11)20-10-15(17)21-14-9-5-3-7-12(14)16(18)19/h2-9H,10H2,1H3,(H,18,19). The summed E-state index contributed by atoms with van der Waals surface area (Å²) in [5.41, 5.74) is 0.831. The molecule has 108 valence electrons. The molecule has 0 unspecified atom stereocenters. The molecule has 0 aliphatic rings. The van der Waals surface area contributed by atoms with Gasteiger partial charge in [0, 0.05) is 0 Å². The monoisotopic (exact) mass is 286 g/mol. The van der Waals surface area contributed by atoms with Crippen molar-refractivity contribution in [2.75, 3.05) is 6.61 Å². The third-order valence-electron chi connectivity index (χ3n) is 2.78. The topological polar surface area (TPSA) is 72.8 Å². The zero-order chi connectivity index (χ0) is 15.2. The summed E-state index contributed by atoms with van der Waals surface area (Å²) < 4.78 is 10.4. The Bertz CT molecular complexity index is 663. The molecule has 0 saturated carbocycles. The number of carbonyl (C=O) groups is 2. The van der Waals surface area contributed by atoms with Crippen molar-refractivity contribution in [3.8, 4) is 11.5 Å². The van der Waals surface area contributed by atoms with Gasteiger partial charge < -0.3 is 14.6 Å². The van der Waals surface area contributed by atoms with Crippen LogP contribution in [-0.2, 0) is 4.79 Å². The zero-order valence-electron chi connectivity index (χ0n) is 11.4. The molecule has 1 N–H and O–H groups in total. The van der Waals surface area contributed by atoms with Crippen LogP contribution in [0.25, 0.3) is 0 Å². The third-order valence-corrected chi connectivity index (χ3v) is 2.78. The highest BCUT2D eigenvalue weighted by atomic mass is 16.6. The number of aromatic carboxylic acids is 1. The molecule has 5 heteroatoms. The molecule has 0 bridgehead atoms. The lowest BCUT2D eigenvalue weighted by Crippen LogP contribution is -2.19. The normalized spacial score (nSPS) is 9.95. The van der Waals surface area contributed by atoms with Gasteiger partial charge in [0.25, 0.3) is 0 Å². The third kappa shape index (κ3) is 3.82. The summed E-state index contributed by atoms with van der Waals surface area (Å²) >= 11 is 0. The van der Waals surface area contributed by atoms with Crippen molar-refractivity contribution in [1.82, 2.24) is 0 Å². The maximum Gasteiger partial charge on any atom is 0.349 e. The van der Waals surface area contributed by atoms with Gasteiger partial charge in [0.2, 0.25) is 0 Å². The molecule has 2 aromatic carbocycles. The number of hydrogen-bond donors (Lipinski definition) is 1. The highest BCUT2D eigenvalue weighted by Gasteiger charge is 2.14. The van der Waals surface area contributed by atoms with Gasteiger partial charge in [-0.2, -0.15) is 0 Å². The molecule has 2 rings (SSSR count). The van der Waals surface area contributed by atoms with Gasteiger partial charge in [-0.1, -0.05) is 30.3 Å². The van der Waals surface area contributed by atoms with Crippen LogP contribution in [0.1, 0.15) is 15.9 Å². The van der Waals surface area contributed by atoms with E-state index in [1.165, 1.54) is 12.1 Å². The Morgan fingerprint density at radius 2 is 1.62 bits per heavy atom. The largest absolute Gasteiger partial charge is 0.482 e. The Hall–Kier alpha value is -2.82. The zero-order valence-corrected chi connectivity index (χ0v) is 11.4. The summed E-state index contributed by atoms with van der Waals surface area (Å²) in [6.07, 6.45) is 0. The number of esters is 1. The summed E-state index contributed by atoms with van der Waals surface area (Å²) in [5.74, 6) is -1.23. The Morgan fingerprint density at radius 1 is 1.00 bits per heavy atom. The average molecular weight is 286 g/mol. The van der Waals surface area contributed by atoms with Crippen LogP contribution in [0.15, 0.2) is 48.5 Å². The van der Waals surface area contributed by atoms with Crippen molar-refractivity contribution >= 4 is 11.9 Å². The molecule has 0 spiro atoms. The predicted molar refractivity (Wildman–Crippen MR) is 75.7 cm³/mol. The van der Waals surface area contributed by atoms with Gasteiger partial charge in [0.1, 0.15) is 17.1 Å². The van der Waals surface area contributed by atoms with Gasteiger partial charge in [0.05, 0.1) is 0 Å². The summed E-state index contributed by atoms with van der Waals surface area (Å²) in [4.78, 5) is 22.7.